The summed E-state index contributed by atoms with van der Waals surface area (Å²) < 4.78 is 0. The first-order valence-corrected chi connectivity index (χ1v) is 6.48. The fourth-order valence-electron chi connectivity index (χ4n) is 2.14. The molecule has 0 spiro atoms. The number of hydrogen-bond donors (Lipinski definition) is 2. The van der Waals surface area contributed by atoms with Crippen molar-refractivity contribution in [2.24, 2.45) is 0 Å². The van der Waals surface area contributed by atoms with Gasteiger partial charge in [0.1, 0.15) is 0 Å². The molecule has 3 N–H and O–H groups in total. The predicted octanol–water partition coefficient (Wildman–Crippen LogP) is 1.75. The minimum Gasteiger partial charge on any atom is -0.398 e. The van der Waals surface area contributed by atoms with Crippen molar-refractivity contribution in [1.29, 1.82) is 0 Å². The largest absolute Gasteiger partial charge is 0.398 e. The molecule has 0 radical (unpaired) electrons. The van der Waals surface area contributed by atoms with Crippen LogP contribution in [0.4, 0.5) is 5.69 Å². The van der Waals surface area contributed by atoms with Gasteiger partial charge in [0.05, 0.1) is 5.56 Å². The first kappa shape index (κ1) is 13.2. The summed E-state index contributed by atoms with van der Waals surface area (Å²) in [7, 11) is 2.09. The Morgan fingerprint density at radius 3 is 2.78 bits per heavy atom. The Hall–Kier alpha value is -1.26. The summed E-state index contributed by atoms with van der Waals surface area (Å²) in [6.45, 7) is 2.02. The molecule has 2 rings (SSSR count). The smallest absolute Gasteiger partial charge is 0.253 e. The number of halogens is 1. The molecular weight excluding hydrogens is 250 g/mol. The second-order valence-corrected chi connectivity index (χ2v) is 5.22. The Morgan fingerprint density at radius 1 is 1.44 bits per heavy atom. The Bertz CT molecular complexity index is 442. The van der Waals surface area contributed by atoms with Gasteiger partial charge in [-0.05, 0) is 51.2 Å². The highest BCUT2D eigenvalue weighted by Gasteiger charge is 2.20. The summed E-state index contributed by atoms with van der Waals surface area (Å²) in [5.74, 6) is -0.135. The first-order valence-electron chi connectivity index (χ1n) is 6.10. The van der Waals surface area contributed by atoms with Crippen molar-refractivity contribution < 1.29 is 4.79 Å². The summed E-state index contributed by atoms with van der Waals surface area (Å²) in [6, 6.07) is 5.18. The zero-order chi connectivity index (χ0) is 13.1. The minimum absolute atomic E-state index is 0.135. The van der Waals surface area contributed by atoms with Crippen molar-refractivity contribution in [3.63, 3.8) is 0 Å². The van der Waals surface area contributed by atoms with Crippen LogP contribution in [0, 0.1) is 0 Å². The number of nitrogens with zero attached hydrogens (tertiary/aromatic N) is 1. The van der Waals surface area contributed by atoms with Crippen molar-refractivity contribution in [2.75, 3.05) is 25.9 Å². The minimum atomic E-state index is -0.135. The van der Waals surface area contributed by atoms with E-state index in [0.717, 1.165) is 25.9 Å². The molecule has 5 heteroatoms. The van der Waals surface area contributed by atoms with Crippen LogP contribution in [0.25, 0.3) is 0 Å². The maximum Gasteiger partial charge on any atom is 0.253 e. The molecule has 4 nitrogen and oxygen atoms in total. The molecule has 98 valence electrons. The monoisotopic (exact) mass is 267 g/mol. The first-order chi connectivity index (χ1) is 8.56. The molecule has 0 unspecified atom stereocenters. The van der Waals surface area contributed by atoms with Gasteiger partial charge in [-0.15, -0.1) is 0 Å². The molecule has 1 fully saturated rings. The summed E-state index contributed by atoms with van der Waals surface area (Å²) in [4.78, 5) is 14.4. The van der Waals surface area contributed by atoms with Crippen molar-refractivity contribution in [2.45, 2.75) is 18.9 Å². The van der Waals surface area contributed by atoms with Crippen LogP contribution in [-0.4, -0.2) is 37.0 Å². The average molecular weight is 268 g/mol. The second-order valence-electron chi connectivity index (χ2n) is 4.78. The summed E-state index contributed by atoms with van der Waals surface area (Å²) in [6.07, 6.45) is 1.95. The lowest BCUT2D eigenvalue weighted by Gasteiger charge is -2.29. The predicted molar refractivity (Wildman–Crippen MR) is 73.8 cm³/mol. The highest BCUT2D eigenvalue weighted by atomic mass is 35.5. The van der Waals surface area contributed by atoms with E-state index in [1.54, 1.807) is 18.2 Å². The molecule has 1 saturated heterocycles. The van der Waals surface area contributed by atoms with Crippen molar-refractivity contribution in [3.8, 4) is 0 Å². The zero-order valence-electron chi connectivity index (χ0n) is 10.4. The number of carbonyl (C=O) groups excluding carboxylic acids is 1. The molecule has 0 saturated carbocycles. The van der Waals surface area contributed by atoms with Gasteiger partial charge in [0.2, 0.25) is 0 Å². The number of nitrogens with one attached hydrogen (secondary N) is 1. The maximum absolute atomic E-state index is 12.1. The molecule has 1 heterocycles. The quantitative estimate of drug-likeness (QED) is 0.803. The van der Waals surface area contributed by atoms with E-state index in [9.17, 15) is 4.79 Å². The van der Waals surface area contributed by atoms with Gasteiger partial charge in [0.25, 0.3) is 5.91 Å². The molecule has 1 aliphatic rings. The Balaban J connectivity index is 2.01. The van der Waals surface area contributed by atoms with E-state index in [1.807, 2.05) is 0 Å². The van der Waals surface area contributed by atoms with Crippen LogP contribution in [0.15, 0.2) is 18.2 Å². The number of hydrogen-bond acceptors (Lipinski definition) is 3. The van der Waals surface area contributed by atoms with Gasteiger partial charge >= 0.3 is 0 Å². The number of rotatable bonds is 2. The van der Waals surface area contributed by atoms with Crippen LogP contribution in [0.1, 0.15) is 23.2 Å². The van der Waals surface area contributed by atoms with Crippen LogP contribution in [0.5, 0.6) is 0 Å². The molecule has 1 aromatic rings. The highest BCUT2D eigenvalue weighted by Crippen LogP contribution is 2.18. The van der Waals surface area contributed by atoms with Gasteiger partial charge in [-0.3, -0.25) is 4.79 Å². The number of nitrogen functional groups attached to an aromatic ring is 1. The van der Waals surface area contributed by atoms with Crippen LogP contribution >= 0.6 is 11.6 Å². The summed E-state index contributed by atoms with van der Waals surface area (Å²) >= 11 is 5.88. The third-order valence-corrected chi connectivity index (χ3v) is 3.55. The van der Waals surface area contributed by atoms with Gasteiger partial charge in [0.15, 0.2) is 0 Å². The fraction of sp³-hybridized carbons (Fsp3) is 0.462. The molecule has 18 heavy (non-hydrogen) atoms. The van der Waals surface area contributed by atoms with Crippen LogP contribution < -0.4 is 11.1 Å². The van der Waals surface area contributed by atoms with Crippen molar-refractivity contribution >= 4 is 23.2 Å². The van der Waals surface area contributed by atoms with Crippen molar-refractivity contribution in [3.05, 3.63) is 28.8 Å². The van der Waals surface area contributed by atoms with E-state index >= 15 is 0 Å². The number of likely N-dealkylation sites (tertiary alicyclic amines) is 1. The SMILES string of the molecule is CN1CCC(NC(=O)c2cc(Cl)ccc2N)CC1. The number of carbonyl (C=O) groups is 1. The average Bonchev–Trinajstić information content (AvgIpc) is 2.35. The highest BCUT2D eigenvalue weighted by molar-refractivity contribution is 6.31. The normalized spacial score (nSPS) is 17.7. The van der Waals surface area contributed by atoms with Crippen LogP contribution in [0.2, 0.25) is 5.02 Å². The maximum atomic E-state index is 12.1. The molecule has 0 aromatic heterocycles. The van der Waals surface area contributed by atoms with Gasteiger partial charge in [-0.2, -0.15) is 0 Å². The molecular formula is C13H18ClN3O. The standard InChI is InChI=1S/C13H18ClN3O/c1-17-6-4-10(5-7-17)16-13(18)11-8-9(14)2-3-12(11)15/h2-3,8,10H,4-7,15H2,1H3,(H,16,18). The van der Waals surface area contributed by atoms with E-state index in [1.165, 1.54) is 0 Å². The van der Waals surface area contributed by atoms with Gasteiger partial charge < -0.3 is 16.0 Å². The Labute approximate surface area is 112 Å². The van der Waals surface area contributed by atoms with E-state index in [-0.39, 0.29) is 11.9 Å². The van der Waals surface area contributed by atoms with Crippen LogP contribution in [-0.2, 0) is 0 Å². The Kier molecular flexibility index (Phi) is 4.09. The number of amides is 1. The van der Waals surface area contributed by atoms with E-state index in [4.69, 9.17) is 17.3 Å². The lowest BCUT2D eigenvalue weighted by atomic mass is 10.0. The summed E-state index contributed by atoms with van der Waals surface area (Å²) in [5.41, 5.74) is 6.71. The topological polar surface area (TPSA) is 58.4 Å². The van der Waals surface area contributed by atoms with Gasteiger partial charge in [0, 0.05) is 16.8 Å². The lowest BCUT2D eigenvalue weighted by molar-refractivity contribution is 0.0918. The third-order valence-electron chi connectivity index (χ3n) is 3.31. The molecule has 0 bridgehead atoms. The number of benzene rings is 1. The fourth-order valence-corrected chi connectivity index (χ4v) is 2.31. The molecule has 1 amide bonds. The van der Waals surface area contributed by atoms with E-state index in [2.05, 4.69) is 17.3 Å². The second kappa shape index (κ2) is 5.59. The zero-order valence-corrected chi connectivity index (χ0v) is 11.2. The van der Waals surface area contributed by atoms with Gasteiger partial charge in [-0.1, -0.05) is 11.6 Å². The third kappa shape index (κ3) is 3.15. The number of nitrogens with two attached hydrogens (primary N) is 1. The number of anilines is 1. The van der Waals surface area contributed by atoms with Gasteiger partial charge in [-0.25, -0.2) is 0 Å². The molecule has 1 aromatic carbocycles. The van der Waals surface area contributed by atoms with E-state index < -0.39 is 0 Å². The number of piperidine rings is 1. The van der Waals surface area contributed by atoms with Crippen molar-refractivity contribution in [1.82, 2.24) is 10.2 Å². The molecule has 0 aliphatic carbocycles. The Morgan fingerprint density at radius 2 is 2.11 bits per heavy atom. The molecule has 0 atom stereocenters. The summed E-state index contributed by atoms with van der Waals surface area (Å²) in [5, 5.41) is 3.55. The van der Waals surface area contributed by atoms with E-state index in [0.29, 0.717) is 16.3 Å². The van der Waals surface area contributed by atoms with Crippen LogP contribution in [0.3, 0.4) is 0 Å². The molecule has 1 aliphatic heterocycles. The lowest BCUT2D eigenvalue weighted by Crippen LogP contribution is -2.43.